The van der Waals surface area contributed by atoms with E-state index in [4.69, 9.17) is 10.5 Å². The van der Waals surface area contributed by atoms with Gasteiger partial charge in [-0.05, 0) is 36.8 Å². The molecule has 4 N–H and O–H groups in total. The lowest BCUT2D eigenvalue weighted by Crippen LogP contribution is -2.29. The summed E-state index contributed by atoms with van der Waals surface area (Å²) in [5.41, 5.74) is 8.02. The van der Waals surface area contributed by atoms with Crippen LogP contribution in [0.25, 0.3) is 0 Å². The molecule has 0 aliphatic heterocycles. The topological polar surface area (TPSA) is 106 Å². The van der Waals surface area contributed by atoms with Crippen LogP contribution in [-0.4, -0.2) is 36.6 Å². The molecule has 1 amide bonds. The van der Waals surface area contributed by atoms with E-state index in [0.717, 1.165) is 11.3 Å². The van der Waals surface area contributed by atoms with Crippen LogP contribution in [-0.2, 0) is 11.3 Å². The molecule has 2 rings (SSSR count). The smallest absolute Gasteiger partial charge is 0.338 e. The third kappa shape index (κ3) is 5.58. The second-order valence-corrected chi connectivity index (χ2v) is 5.25. The van der Waals surface area contributed by atoms with Gasteiger partial charge < -0.3 is 21.1 Å². The van der Waals surface area contributed by atoms with Crippen molar-refractivity contribution in [1.29, 1.82) is 0 Å². The molecule has 2 aromatic rings. The summed E-state index contributed by atoms with van der Waals surface area (Å²) < 4.78 is 4.95. The Hall–Kier alpha value is -2.93. The molecule has 7 nitrogen and oxygen atoms in total. The summed E-state index contributed by atoms with van der Waals surface area (Å²) in [6, 6.07) is 10.6. The number of ether oxygens (including phenoxy) is 1. The SMILES string of the molecule is CCOC(=O)c1ccc(CNc2ccc(C(=O)NCCN)nc2)cc1. The highest BCUT2D eigenvalue weighted by atomic mass is 16.5. The number of pyridine rings is 1. The molecule has 0 fully saturated rings. The molecule has 0 bridgehead atoms. The minimum absolute atomic E-state index is 0.244. The fourth-order valence-corrected chi connectivity index (χ4v) is 2.09. The van der Waals surface area contributed by atoms with Crippen LogP contribution in [0.4, 0.5) is 5.69 Å². The van der Waals surface area contributed by atoms with Gasteiger partial charge in [0.15, 0.2) is 0 Å². The average Bonchev–Trinajstić information content (AvgIpc) is 2.65. The summed E-state index contributed by atoms with van der Waals surface area (Å²) in [4.78, 5) is 27.5. The highest BCUT2D eigenvalue weighted by Crippen LogP contribution is 2.11. The molecule has 25 heavy (non-hydrogen) atoms. The number of benzene rings is 1. The van der Waals surface area contributed by atoms with Crippen LogP contribution in [0.15, 0.2) is 42.6 Å². The summed E-state index contributed by atoms with van der Waals surface area (Å²) in [5, 5.41) is 5.88. The summed E-state index contributed by atoms with van der Waals surface area (Å²) >= 11 is 0. The Morgan fingerprint density at radius 1 is 1.16 bits per heavy atom. The maximum atomic E-state index is 11.7. The van der Waals surface area contributed by atoms with E-state index in [1.807, 2.05) is 12.1 Å². The monoisotopic (exact) mass is 342 g/mol. The minimum Gasteiger partial charge on any atom is -0.462 e. The Morgan fingerprint density at radius 2 is 1.92 bits per heavy atom. The fourth-order valence-electron chi connectivity index (χ4n) is 2.09. The maximum absolute atomic E-state index is 11.7. The Balaban J connectivity index is 1.88. The fraction of sp³-hybridized carbons (Fsp3) is 0.278. The molecule has 7 heteroatoms. The predicted molar refractivity (Wildman–Crippen MR) is 95.3 cm³/mol. The van der Waals surface area contributed by atoms with Gasteiger partial charge in [-0.1, -0.05) is 12.1 Å². The van der Waals surface area contributed by atoms with Gasteiger partial charge in [-0.15, -0.1) is 0 Å². The van der Waals surface area contributed by atoms with Gasteiger partial charge >= 0.3 is 5.97 Å². The van der Waals surface area contributed by atoms with Crippen molar-refractivity contribution in [3.63, 3.8) is 0 Å². The molecule has 0 aliphatic rings. The van der Waals surface area contributed by atoms with Gasteiger partial charge in [-0.25, -0.2) is 9.78 Å². The second-order valence-electron chi connectivity index (χ2n) is 5.25. The van der Waals surface area contributed by atoms with Crippen molar-refractivity contribution in [2.45, 2.75) is 13.5 Å². The van der Waals surface area contributed by atoms with Crippen LogP contribution in [0, 0.1) is 0 Å². The molecule has 1 heterocycles. The van der Waals surface area contributed by atoms with E-state index in [0.29, 0.717) is 37.5 Å². The molecular weight excluding hydrogens is 320 g/mol. The minimum atomic E-state index is -0.324. The van der Waals surface area contributed by atoms with Gasteiger partial charge in [0, 0.05) is 19.6 Å². The number of nitrogens with two attached hydrogens (primary N) is 1. The maximum Gasteiger partial charge on any atom is 0.338 e. The number of carbonyl (C=O) groups is 2. The zero-order chi connectivity index (χ0) is 18.1. The molecule has 1 aromatic carbocycles. The van der Waals surface area contributed by atoms with Crippen LogP contribution in [0.1, 0.15) is 33.3 Å². The zero-order valence-electron chi connectivity index (χ0n) is 14.1. The van der Waals surface area contributed by atoms with Gasteiger partial charge in [-0.3, -0.25) is 4.79 Å². The van der Waals surface area contributed by atoms with E-state index in [9.17, 15) is 9.59 Å². The van der Waals surface area contributed by atoms with Gasteiger partial charge in [0.1, 0.15) is 5.69 Å². The largest absolute Gasteiger partial charge is 0.462 e. The van der Waals surface area contributed by atoms with Crippen LogP contribution in [0.5, 0.6) is 0 Å². The van der Waals surface area contributed by atoms with E-state index in [1.54, 1.807) is 37.4 Å². The van der Waals surface area contributed by atoms with Crippen molar-refractivity contribution in [1.82, 2.24) is 10.3 Å². The Kier molecular flexibility index (Phi) is 6.91. The number of carbonyl (C=O) groups excluding carboxylic acids is 2. The first-order chi connectivity index (χ1) is 12.1. The van der Waals surface area contributed by atoms with Crippen LogP contribution in [0.2, 0.25) is 0 Å². The first-order valence-electron chi connectivity index (χ1n) is 8.08. The van der Waals surface area contributed by atoms with Gasteiger partial charge in [-0.2, -0.15) is 0 Å². The Labute approximate surface area is 146 Å². The van der Waals surface area contributed by atoms with Crippen molar-refractivity contribution in [3.05, 3.63) is 59.4 Å². The molecule has 0 aliphatic carbocycles. The number of esters is 1. The lowest BCUT2D eigenvalue weighted by molar-refractivity contribution is 0.0526. The lowest BCUT2D eigenvalue weighted by atomic mass is 10.1. The van der Waals surface area contributed by atoms with E-state index < -0.39 is 0 Å². The highest BCUT2D eigenvalue weighted by Gasteiger charge is 2.07. The number of amides is 1. The molecule has 0 spiro atoms. The number of aromatic nitrogens is 1. The van der Waals surface area contributed by atoms with Crippen molar-refractivity contribution >= 4 is 17.6 Å². The highest BCUT2D eigenvalue weighted by molar-refractivity contribution is 5.92. The predicted octanol–water partition coefficient (Wildman–Crippen LogP) is 1.56. The first kappa shape index (κ1) is 18.4. The van der Waals surface area contributed by atoms with E-state index in [-0.39, 0.29) is 11.9 Å². The number of anilines is 1. The normalized spacial score (nSPS) is 10.2. The van der Waals surface area contributed by atoms with Gasteiger partial charge in [0.2, 0.25) is 0 Å². The second kappa shape index (κ2) is 9.39. The molecule has 0 saturated heterocycles. The molecule has 0 unspecified atom stereocenters. The van der Waals surface area contributed by atoms with E-state index in [1.165, 1.54) is 0 Å². The van der Waals surface area contributed by atoms with Crippen molar-refractivity contribution in [2.75, 3.05) is 25.0 Å². The van der Waals surface area contributed by atoms with Crippen molar-refractivity contribution in [2.24, 2.45) is 5.73 Å². The molecule has 132 valence electrons. The lowest BCUT2D eigenvalue weighted by Gasteiger charge is -2.08. The molecule has 0 atom stereocenters. The summed E-state index contributed by atoms with van der Waals surface area (Å²) in [6.45, 7) is 3.51. The molecule has 0 radical (unpaired) electrons. The van der Waals surface area contributed by atoms with E-state index >= 15 is 0 Å². The van der Waals surface area contributed by atoms with E-state index in [2.05, 4.69) is 15.6 Å². The molecular formula is C18H22N4O3. The van der Waals surface area contributed by atoms with Gasteiger partial charge in [0.05, 0.1) is 24.1 Å². The third-order valence-electron chi connectivity index (χ3n) is 3.39. The van der Waals surface area contributed by atoms with Gasteiger partial charge in [0.25, 0.3) is 5.91 Å². The summed E-state index contributed by atoms with van der Waals surface area (Å²) in [5.74, 6) is -0.568. The van der Waals surface area contributed by atoms with Crippen LogP contribution < -0.4 is 16.4 Å². The number of rotatable bonds is 8. The quantitative estimate of drug-likeness (QED) is 0.629. The third-order valence-corrected chi connectivity index (χ3v) is 3.39. The standard InChI is InChI=1S/C18H22N4O3/c1-2-25-18(24)14-5-3-13(4-6-14)11-21-15-7-8-16(22-12-15)17(23)20-10-9-19/h3-8,12,21H,2,9-11,19H2,1H3,(H,20,23). The Bertz CT molecular complexity index is 699. The Morgan fingerprint density at radius 3 is 2.52 bits per heavy atom. The van der Waals surface area contributed by atoms with Crippen LogP contribution in [0.3, 0.4) is 0 Å². The number of hydrogen-bond donors (Lipinski definition) is 3. The average molecular weight is 342 g/mol. The summed E-state index contributed by atoms with van der Waals surface area (Å²) in [6.07, 6.45) is 1.60. The molecule has 1 aromatic heterocycles. The number of nitrogens with one attached hydrogen (secondary N) is 2. The number of hydrogen-bond acceptors (Lipinski definition) is 6. The van der Waals surface area contributed by atoms with Crippen molar-refractivity contribution in [3.8, 4) is 0 Å². The first-order valence-corrected chi connectivity index (χ1v) is 8.08. The molecule has 0 saturated carbocycles. The summed E-state index contributed by atoms with van der Waals surface area (Å²) in [7, 11) is 0. The number of nitrogens with zero attached hydrogens (tertiary/aromatic N) is 1. The van der Waals surface area contributed by atoms with Crippen LogP contribution >= 0.6 is 0 Å². The zero-order valence-corrected chi connectivity index (χ0v) is 14.1. The van der Waals surface area contributed by atoms with Crippen molar-refractivity contribution < 1.29 is 14.3 Å².